The standard InChI is InChI=1S/C25H26F3N5O4/c1-15(2)19(13-34)14-35-21-6-4-5-17(11-21)12-33-16(3)29-23(31-33)24-30-22(32-37-24)18-7-9-20(10-8-18)36-25(26,27)28/h4-11,15,19,34H,12-14H2,1-3H3. The molecule has 0 fully saturated rings. The van der Waals surface area contributed by atoms with Crippen LogP contribution in [0.25, 0.3) is 23.1 Å². The zero-order valence-electron chi connectivity index (χ0n) is 20.4. The Morgan fingerprint density at radius 2 is 1.78 bits per heavy atom. The number of hydrogen-bond acceptors (Lipinski definition) is 8. The number of nitrogens with zero attached hydrogens (tertiary/aromatic N) is 5. The average molecular weight is 518 g/mol. The first-order valence-electron chi connectivity index (χ1n) is 11.6. The third kappa shape index (κ3) is 6.85. The lowest BCUT2D eigenvalue weighted by molar-refractivity contribution is -0.274. The molecule has 1 unspecified atom stereocenters. The highest BCUT2D eigenvalue weighted by Gasteiger charge is 2.31. The second-order valence-corrected chi connectivity index (χ2v) is 8.78. The first-order valence-corrected chi connectivity index (χ1v) is 11.6. The molecule has 0 aliphatic rings. The third-order valence-corrected chi connectivity index (χ3v) is 5.69. The van der Waals surface area contributed by atoms with Crippen molar-refractivity contribution in [2.45, 2.75) is 33.7 Å². The number of aliphatic hydroxyl groups excluding tert-OH is 1. The highest BCUT2D eigenvalue weighted by molar-refractivity contribution is 5.57. The van der Waals surface area contributed by atoms with E-state index in [-0.39, 0.29) is 35.8 Å². The van der Waals surface area contributed by atoms with Crippen LogP contribution in [0.15, 0.2) is 53.1 Å². The van der Waals surface area contributed by atoms with Gasteiger partial charge in [0.15, 0.2) is 0 Å². The molecule has 0 saturated heterocycles. The molecule has 0 aliphatic carbocycles. The molecule has 4 aromatic rings. The van der Waals surface area contributed by atoms with Gasteiger partial charge in [0.1, 0.15) is 17.3 Å². The topological polar surface area (TPSA) is 108 Å². The van der Waals surface area contributed by atoms with Gasteiger partial charge in [0.25, 0.3) is 5.89 Å². The van der Waals surface area contributed by atoms with E-state index in [1.807, 2.05) is 38.1 Å². The summed E-state index contributed by atoms with van der Waals surface area (Å²) in [6, 6.07) is 12.7. The van der Waals surface area contributed by atoms with E-state index in [0.29, 0.717) is 36.2 Å². The number of aromatic nitrogens is 5. The Balaban J connectivity index is 1.44. The van der Waals surface area contributed by atoms with Crippen LogP contribution in [0.4, 0.5) is 13.2 Å². The van der Waals surface area contributed by atoms with Crippen molar-refractivity contribution in [3.8, 4) is 34.6 Å². The minimum atomic E-state index is -4.77. The van der Waals surface area contributed by atoms with E-state index in [0.717, 1.165) is 5.56 Å². The summed E-state index contributed by atoms with van der Waals surface area (Å²) >= 11 is 0. The summed E-state index contributed by atoms with van der Waals surface area (Å²) in [7, 11) is 0. The molecule has 9 nitrogen and oxygen atoms in total. The molecule has 196 valence electrons. The monoisotopic (exact) mass is 517 g/mol. The van der Waals surface area contributed by atoms with Crippen molar-refractivity contribution >= 4 is 0 Å². The van der Waals surface area contributed by atoms with Crippen LogP contribution in [-0.2, 0) is 6.54 Å². The second kappa shape index (κ2) is 11.0. The summed E-state index contributed by atoms with van der Waals surface area (Å²) in [6.07, 6.45) is -4.77. The smallest absolute Gasteiger partial charge is 0.493 e. The lowest BCUT2D eigenvalue weighted by atomic mass is 9.98. The van der Waals surface area contributed by atoms with Gasteiger partial charge in [-0.05, 0) is 54.8 Å². The normalized spacial score (nSPS) is 12.6. The van der Waals surface area contributed by atoms with Crippen molar-refractivity contribution in [1.29, 1.82) is 0 Å². The molecule has 37 heavy (non-hydrogen) atoms. The zero-order chi connectivity index (χ0) is 26.6. The van der Waals surface area contributed by atoms with Crippen LogP contribution in [0.1, 0.15) is 25.2 Å². The van der Waals surface area contributed by atoms with Crippen molar-refractivity contribution in [1.82, 2.24) is 24.9 Å². The summed E-state index contributed by atoms with van der Waals surface area (Å²) in [5.41, 5.74) is 1.38. The van der Waals surface area contributed by atoms with Crippen LogP contribution < -0.4 is 9.47 Å². The zero-order valence-corrected chi connectivity index (χ0v) is 20.4. The highest BCUT2D eigenvalue weighted by Crippen LogP contribution is 2.26. The number of halogens is 3. The molecular weight excluding hydrogens is 491 g/mol. The number of ether oxygens (including phenoxy) is 2. The van der Waals surface area contributed by atoms with Gasteiger partial charge in [0.2, 0.25) is 11.6 Å². The Kier molecular flexibility index (Phi) is 7.77. The Hall–Kier alpha value is -3.93. The predicted molar refractivity (Wildman–Crippen MR) is 127 cm³/mol. The quantitative estimate of drug-likeness (QED) is 0.317. The van der Waals surface area contributed by atoms with Gasteiger partial charge in [0, 0.05) is 18.1 Å². The highest BCUT2D eigenvalue weighted by atomic mass is 19.4. The Bertz CT molecular complexity index is 1320. The summed E-state index contributed by atoms with van der Waals surface area (Å²) in [5, 5.41) is 17.9. The molecule has 0 amide bonds. The number of aliphatic hydroxyl groups is 1. The molecule has 0 aliphatic heterocycles. The molecule has 0 spiro atoms. The summed E-state index contributed by atoms with van der Waals surface area (Å²) in [6.45, 7) is 6.78. The minimum absolute atomic E-state index is 0.0502. The Morgan fingerprint density at radius 1 is 1.03 bits per heavy atom. The first-order chi connectivity index (χ1) is 17.6. The molecule has 0 saturated carbocycles. The predicted octanol–water partition coefficient (Wildman–Crippen LogP) is 4.89. The molecule has 2 heterocycles. The van der Waals surface area contributed by atoms with Gasteiger partial charge < -0.3 is 19.1 Å². The fourth-order valence-electron chi connectivity index (χ4n) is 3.46. The van der Waals surface area contributed by atoms with Crippen molar-refractivity contribution in [3.63, 3.8) is 0 Å². The summed E-state index contributed by atoms with van der Waals surface area (Å²) in [4.78, 5) is 8.68. The number of aryl methyl sites for hydroxylation is 1. The molecule has 2 aromatic heterocycles. The fourth-order valence-corrected chi connectivity index (χ4v) is 3.46. The van der Waals surface area contributed by atoms with Crippen LogP contribution >= 0.6 is 0 Å². The van der Waals surface area contributed by atoms with Gasteiger partial charge in [-0.25, -0.2) is 9.67 Å². The molecule has 0 bridgehead atoms. The number of rotatable bonds is 10. The summed E-state index contributed by atoms with van der Waals surface area (Å²) in [5.74, 6) is 1.80. The van der Waals surface area contributed by atoms with Gasteiger partial charge in [-0.15, -0.1) is 18.3 Å². The van der Waals surface area contributed by atoms with Gasteiger partial charge in [-0.3, -0.25) is 0 Å². The summed E-state index contributed by atoms with van der Waals surface area (Å²) < 4.78 is 53.8. The first kappa shape index (κ1) is 26.1. The molecule has 12 heteroatoms. The van der Waals surface area contributed by atoms with Crippen molar-refractivity contribution in [2.24, 2.45) is 11.8 Å². The van der Waals surface area contributed by atoms with Gasteiger partial charge in [-0.1, -0.05) is 31.1 Å². The van der Waals surface area contributed by atoms with Crippen molar-refractivity contribution < 1.29 is 32.3 Å². The van der Waals surface area contributed by atoms with Crippen molar-refractivity contribution in [2.75, 3.05) is 13.2 Å². The van der Waals surface area contributed by atoms with Gasteiger partial charge >= 0.3 is 6.36 Å². The minimum Gasteiger partial charge on any atom is -0.493 e. The van der Waals surface area contributed by atoms with E-state index >= 15 is 0 Å². The molecule has 1 atom stereocenters. The van der Waals surface area contributed by atoms with Crippen LogP contribution in [0, 0.1) is 18.8 Å². The molecule has 1 N–H and O–H groups in total. The van der Waals surface area contributed by atoms with Crippen LogP contribution in [0.3, 0.4) is 0 Å². The number of hydrogen-bond donors (Lipinski definition) is 1. The van der Waals surface area contributed by atoms with E-state index in [2.05, 4.69) is 25.0 Å². The lowest BCUT2D eigenvalue weighted by Crippen LogP contribution is -2.21. The van der Waals surface area contributed by atoms with Crippen molar-refractivity contribution in [3.05, 3.63) is 59.9 Å². The molecule has 2 aromatic carbocycles. The maximum Gasteiger partial charge on any atom is 0.573 e. The average Bonchev–Trinajstić information content (AvgIpc) is 3.46. The number of benzene rings is 2. The van der Waals surface area contributed by atoms with Gasteiger partial charge in [0.05, 0.1) is 13.2 Å². The second-order valence-electron chi connectivity index (χ2n) is 8.78. The van der Waals surface area contributed by atoms with Crippen LogP contribution in [0.5, 0.6) is 11.5 Å². The third-order valence-electron chi connectivity index (χ3n) is 5.69. The largest absolute Gasteiger partial charge is 0.573 e. The maximum atomic E-state index is 12.4. The van der Waals surface area contributed by atoms with Crippen LogP contribution in [-0.4, -0.2) is 49.6 Å². The van der Waals surface area contributed by atoms with E-state index in [1.165, 1.54) is 24.3 Å². The van der Waals surface area contributed by atoms with E-state index in [1.54, 1.807) is 11.6 Å². The molecular formula is C25H26F3N5O4. The Labute approximate surface area is 210 Å². The van der Waals surface area contributed by atoms with E-state index in [4.69, 9.17) is 9.26 Å². The molecule has 0 radical (unpaired) electrons. The lowest BCUT2D eigenvalue weighted by Gasteiger charge is -2.19. The maximum absolute atomic E-state index is 12.4. The van der Waals surface area contributed by atoms with Crippen LogP contribution in [0.2, 0.25) is 0 Å². The fraction of sp³-hybridized carbons (Fsp3) is 0.360. The van der Waals surface area contributed by atoms with Gasteiger partial charge in [-0.2, -0.15) is 4.98 Å². The molecule has 4 rings (SSSR count). The van der Waals surface area contributed by atoms with E-state index in [9.17, 15) is 18.3 Å². The number of alkyl halides is 3. The SMILES string of the molecule is Cc1nc(-c2nc(-c3ccc(OC(F)(F)F)cc3)no2)nn1Cc1cccc(OCC(CO)C(C)C)c1. The Morgan fingerprint density at radius 3 is 2.46 bits per heavy atom. The van der Waals surface area contributed by atoms with E-state index < -0.39 is 6.36 Å².